The molecule has 0 aliphatic carbocycles. The minimum absolute atomic E-state index is 0.00287. The lowest BCUT2D eigenvalue weighted by molar-refractivity contribution is 0.194. The molecule has 88 valence electrons. The van der Waals surface area contributed by atoms with Gasteiger partial charge in [-0.15, -0.1) is 0 Å². The maximum Gasteiger partial charge on any atom is 0.294 e. The van der Waals surface area contributed by atoms with E-state index in [-0.39, 0.29) is 10.8 Å². The van der Waals surface area contributed by atoms with E-state index in [1.54, 1.807) is 19.1 Å². The number of hydrogen-bond donors (Lipinski definition) is 1. The lowest BCUT2D eigenvalue weighted by atomic mass is 9.98. The zero-order valence-corrected chi connectivity index (χ0v) is 9.83. The summed E-state index contributed by atoms with van der Waals surface area (Å²) in [5, 5.41) is 0. The second-order valence-electron chi connectivity index (χ2n) is 4.06. The van der Waals surface area contributed by atoms with Gasteiger partial charge < -0.3 is 4.74 Å². The maximum atomic E-state index is 11.1. The van der Waals surface area contributed by atoms with E-state index in [1.807, 2.05) is 6.07 Å². The third-order valence-corrected chi connectivity index (χ3v) is 3.89. The molecule has 4 nitrogen and oxygen atoms in total. The van der Waals surface area contributed by atoms with Crippen molar-refractivity contribution >= 4 is 10.1 Å². The minimum atomic E-state index is -4.13. The second kappa shape index (κ2) is 4.16. The van der Waals surface area contributed by atoms with Crippen molar-refractivity contribution in [1.82, 2.24) is 0 Å². The molecule has 0 saturated carbocycles. The predicted octanol–water partition coefficient (Wildman–Crippen LogP) is 1.75. The highest BCUT2D eigenvalue weighted by Gasteiger charge is 2.21. The second-order valence-corrected chi connectivity index (χ2v) is 5.45. The molecule has 0 aromatic heterocycles. The molecule has 0 unspecified atom stereocenters. The average Bonchev–Trinajstić information content (AvgIpc) is 2.69. The van der Waals surface area contributed by atoms with Gasteiger partial charge in [-0.05, 0) is 30.5 Å². The molecule has 5 heteroatoms. The fourth-order valence-electron chi connectivity index (χ4n) is 1.95. The van der Waals surface area contributed by atoms with E-state index < -0.39 is 10.1 Å². The molecule has 1 fully saturated rings. The lowest BCUT2D eigenvalue weighted by Gasteiger charge is -2.10. The normalized spacial score (nSPS) is 21.2. The van der Waals surface area contributed by atoms with Crippen molar-refractivity contribution in [3.63, 3.8) is 0 Å². The third kappa shape index (κ3) is 2.26. The van der Waals surface area contributed by atoms with Gasteiger partial charge in [0.2, 0.25) is 0 Å². The fraction of sp³-hybridized carbons (Fsp3) is 0.455. The quantitative estimate of drug-likeness (QED) is 0.802. The lowest BCUT2D eigenvalue weighted by Crippen LogP contribution is -2.04. The predicted molar refractivity (Wildman–Crippen MR) is 59.2 cm³/mol. The molecule has 1 N–H and O–H groups in total. The molecule has 0 bridgehead atoms. The smallest absolute Gasteiger partial charge is 0.294 e. The van der Waals surface area contributed by atoms with E-state index in [2.05, 4.69) is 0 Å². The molecular formula is C11H14O4S. The third-order valence-electron chi connectivity index (χ3n) is 2.89. The summed E-state index contributed by atoms with van der Waals surface area (Å²) in [5.74, 6) is 0.237. The van der Waals surface area contributed by atoms with Gasteiger partial charge in [-0.2, -0.15) is 8.42 Å². The molecule has 0 amide bonds. The minimum Gasteiger partial charge on any atom is -0.381 e. The highest BCUT2D eigenvalue weighted by atomic mass is 32.2. The SMILES string of the molecule is Cc1ccc([C@@H]2CCOC2)cc1S(=O)(=O)O. The average molecular weight is 242 g/mol. The van der Waals surface area contributed by atoms with E-state index in [9.17, 15) is 8.42 Å². The van der Waals surface area contributed by atoms with Crippen LogP contribution in [0.15, 0.2) is 23.1 Å². The number of hydrogen-bond acceptors (Lipinski definition) is 3. The van der Waals surface area contributed by atoms with Gasteiger partial charge in [0.05, 0.1) is 11.5 Å². The van der Waals surface area contributed by atoms with Crippen LogP contribution in [0.4, 0.5) is 0 Å². The van der Waals surface area contributed by atoms with Gasteiger partial charge in [0.1, 0.15) is 0 Å². The van der Waals surface area contributed by atoms with Crippen LogP contribution in [-0.4, -0.2) is 26.2 Å². The Morgan fingerprint density at radius 1 is 1.44 bits per heavy atom. The molecule has 1 aromatic carbocycles. The van der Waals surface area contributed by atoms with Crippen LogP contribution in [0.25, 0.3) is 0 Å². The first-order valence-electron chi connectivity index (χ1n) is 5.14. The van der Waals surface area contributed by atoms with Crippen LogP contribution in [0.1, 0.15) is 23.5 Å². The summed E-state index contributed by atoms with van der Waals surface area (Å²) in [4.78, 5) is -0.00287. The first kappa shape index (κ1) is 11.6. The highest BCUT2D eigenvalue weighted by Crippen LogP contribution is 2.28. The molecule has 1 saturated heterocycles. The number of aryl methyl sites for hydroxylation is 1. The van der Waals surface area contributed by atoms with Crippen molar-refractivity contribution in [3.8, 4) is 0 Å². The van der Waals surface area contributed by atoms with Crippen LogP contribution in [0.2, 0.25) is 0 Å². The summed E-state index contributed by atoms with van der Waals surface area (Å²) in [6.07, 6.45) is 0.897. The Kier molecular flexibility index (Phi) is 3.01. The van der Waals surface area contributed by atoms with Crippen LogP contribution in [0.3, 0.4) is 0 Å². The van der Waals surface area contributed by atoms with Gasteiger partial charge in [0.15, 0.2) is 0 Å². The van der Waals surface area contributed by atoms with Crippen LogP contribution in [0.5, 0.6) is 0 Å². The van der Waals surface area contributed by atoms with Gasteiger partial charge in [-0.1, -0.05) is 12.1 Å². The van der Waals surface area contributed by atoms with Crippen molar-refractivity contribution in [2.45, 2.75) is 24.2 Å². The van der Waals surface area contributed by atoms with Crippen LogP contribution in [-0.2, 0) is 14.9 Å². The number of rotatable bonds is 2. The standard InChI is InChI=1S/C11H14O4S/c1-8-2-3-9(10-4-5-15-7-10)6-11(8)16(12,13)14/h2-3,6,10H,4-5,7H2,1H3,(H,12,13,14)/t10-/m1/s1. The summed E-state index contributed by atoms with van der Waals surface area (Å²) >= 11 is 0. The summed E-state index contributed by atoms with van der Waals surface area (Å²) in [6.45, 7) is 2.99. The van der Waals surface area contributed by atoms with Gasteiger partial charge in [0.25, 0.3) is 10.1 Å². The molecule has 1 atom stereocenters. The monoisotopic (exact) mass is 242 g/mol. The van der Waals surface area contributed by atoms with Gasteiger partial charge in [-0.25, -0.2) is 0 Å². The van der Waals surface area contributed by atoms with E-state index in [0.29, 0.717) is 18.8 Å². The van der Waals surface area contributed by atoms with Gasteiger partial charge in [0, 0.05) is 12.5 Å². The van der Waals surface area contributed by atoms with Crippen LogP contribution < -0.4 is 0 Å². The van der Waals surface area contributed by atoms with E-state index in [4.69, 9.17) is 9.29 Å². The molecule has 16 heavy (non-hydrogen) atoms. The zero-order chi connectivity index (χ0) is 11.8. The first-order valence-corrected chi connectivity index (χ1v) is 6.58. The number of benzene rings is 1. The van der Waals surface area contributed by atoms with Gasteiger partial charge >= 0.3 is 0 Å². The fourth-order valence-corrected chi connectivity index (χ4v) is 2.71. The van der Waals surface area contributed by atoms with Crippen molar-refractivity contribution in [2.75, 3.05) is 13.2 Å². The van der Waals surface area contributed by atoms with Crippen molar-refractivity contribution in [3.05, 3.63) is 29.3 Å². The van der Waals surface area contributed by atoms with Crippen molar-refractivity contribution in [1.29, 1.82) is 0 Å². The summed E-state index contributed by atoms with van der Waals surface area (Å²) in [6, 6.07) is 5.16. The molecule has 1 aromatic rings. The first-order chi connectivity index (χ1) is 7.48. The Morgan fingerprint density at radius 2 is 2.19 bits per heavy atom. The van der Waals surface area contributed by atoms with Crippen molar-refractivity contribution < 1.29 is 17.7 Å². The molecule has 0 radical (unpaired) electrons. The molecule has 2 rings (SSSR count). The Morgan fingerprint density at radius 3 is 2.75 bits per heavy atom. The Bertz CT molecular complexity index is 487. The van der Waals surface area contributed by atoms with E-state index in [0.717, 1.165) is 12.0 Å². The molecule has 1 heterocycles. The number of ether oxygens (including phenoxy) is 1. The maximum absolute atomic E-state index is 11.1. The van der Waals surface area contributed by atoms with Crippen molar-refractivity contribution in [2.24, 2.45) is 0 Å². The Balaban J connectivity index is 2.43. The molecule has 1 aliphatic rings. The Labute approximate surface area is 95.0 Å². The molecule has 0 spiro atoms. The topological polar surface area (TPSA) is 63.6 Å². The van der Waals surface area contributed by atoms with Crippen LogP contribution in [0, 0.1) is 6.92 Å². The Hall–Kier alpha value is -0.910. The molecule has 1 aliphatic heterocycles. The summed E-state index contributed by atoms with van der Waals surface area (Å²) in [5.41, 5.74) is 1.47. The van der Waals surface area contributed by atoms with Gasteiger partial charge in [-0.3, -0.25) is 4.55 Å². The van der Waals surface area contributed by atoms with E-state index in [1.165, 1.54) is 0 Å². The zero-order valence-electron chi connectivity index (χ0n) is 9.01. The highest BCUT2D eigenvalue weighted by molar-refractivity contribution is 7.85. The largest absolute Gasteiger partial charge is 0.381 e. The van der Waals surface area contributed by atoms with Crippen LogP contribution >= 0.6 is 0 Å². The summed E-state index contributed by atoms with van der Waals surface area (Å²) < 4.78 is 36.6. The van der Waals surface area contributed by atoms with E-state index >= 15 is 0 Å². The molecular weight excluding hydrogens is 228 g/mol. The summed E-state index contributed by atoms with van der Waals surface area (Å²) in [7, 11) is -4.13.